The number of aromatic amines is 1. The number of fused-ring (bicyclic) bond motifs is 1. The molecule has 0 aliphatic carbocycles. The number of nitrogens with zero attached hydrogens (tertiary/aromatic N) is 3. The minimum Gasteiger partial charge on any atom is -0.497 e. The number of H-pyrrole nitrogens is 1. The van der Waals surface area contributed by atoms with Gasteiger partial charge in [0, 0.05) is 13.1 Å². The number of hydrogen-bond acceptors (Lipinski definition) is 6. The molecule has 0 bridgehead atoms. The molecule has 3 rings (SSSR count). The van der Waals surface area contributed by atoms with E-state index in [9.17, 15) is 14.4 Å². The molecule has 0 aliphatic rings. The molecule has 29 heavy (non-hydrogen) atoms. The summed E-state index contributed by atoms with van der Waals surface area (Å²) < 4.78 is 13.6. The molecule has 0 spiro atoms. The summed E-state index contributed by atoms with van der Waals surface area (Å²) in [5.74, 6) is 0.531. The van der Waals surface area contributed by atoms with Gasteiger partial charge in [0.1, 0.15) is 18.2 Å². The van der Waals surface area contributed by atoms with Crippen molar-refractivity contribution < 1.29 is 14.3 Å². The van der Waals surface area contributed by atoms with E-state index in [1.54, 1.807) is 35.9 Å². The van der Waals surface area contributed by atoms with Gasteiger partial charge >= 0.3 is 11.7 Å². The van der Waals surface area contributed by atoms with Gasteiger partial charge in [-0.1, -0.05) is 13.3 Å². The number of ether oxygens (including phenoxy) is 2. The Labute approximate surface area is 166 Å². The van der Waals surface area contributed by atoms with Crippen LogP contribution in [0, 0.1) is 0 Å². The number of aryl methyl sites for hydroxylation is 2. The molecule has 0 aliphatic heterocycles. The van der Waals surface area contributed by atoms with E-state index in [0.717, 1.165) is 12.8 Å². The second-order valence-electron chi connectivity index (χ2n) is 6.51. The van der Waals surface area contributed by atoms with Crippen molar-refractivity contribution in [2.24, 2.45) is 0 Å². The predicted molar refractivity (Wildman–Crippen MR) is 107 cm³/mol. The monoisotopic (exact) mass is 400 g/mol. The Balaban J connectivity index is 1.92. The number of methoxy groups -OCH3 is 1. The Kier molecular flexibility index (Phi) is 6.16. The summed E-state index contributed by atoms with van der Waals surface area (Å²) in [7, 11) is 1.55. The number of esters is 1. The van der Waals surface area contributed by atoms with Crippen molar-refractivity contribution in [3.8, 4) is 5.75 Å². The highest BCUT2D eigenvalue weighted by Crippen LogP contribution is 2.15. The summed E-state index contributed by atoms with van der Waals surface area (Å²) >= 11 is 0. The molecule has 0 atom stereocenters. The van der Waals surface area contributed by atoms with Crippen LogP contribution in [0.2, 0.25) is 0 Å². The Bertz CT molecular complexity index is 1120. The van der Waals surface area contributed by atoms with E-state index in [1.807, 2.05) is 13.8 Å². The SMILES string of the molecule is CCCCn1c(=O)[nH]c(=O)c2c1nc(COC(=O)c1ccc(OC)cc1)n2CC. The van der Waals surface area contributed by atoms with Crippen molar-refractivity contribution in [1.29, 1.82) is 0 Å². The molecule has 9 heteroatoms. The van der Waals surface area contributed by atoms with E-state index in [-0.39, 0.29) is 6.61 Å². The first-order chi connectivity index (χ1) is 14.0. The quantitative estimate of drug-likeness (QED) is 0.580. The Morgan fingerprint density at radius 1 is 1.14 bits per heavy atom. The average Bonchev–Trinajstić information content (AvgIpc) is 3.10. The van der Waals surface area contributed by atoms with Gasteiger partial charge < -0.3 is 14.0 Å². The molecule has 0 amide bonds. The molecule has 154 valence electrons. The predicted octanol–water partition coefficient (Wildman–Crippen LogP) is 2.07. The van der Waals surface area contributed by atoms with Crippen molar-refractivity contribution in [3.05, 3.63) is 56.5 Å². The highest BCUT2D eigenvalue weighted by molar-refractivity contribution is 5.89. The van der Waals surface area contributed by atoms with E-state index in [4.69, 9.17) is 9.47 Å². The number of carbonyl (C=O) groups excluding carboxylic acids is 1. The average molecular weight is 400 g/mol. The van der Waals surface area contributed by atoms with Crippen molar-refractivity contribution in [2.45, 2.75) is 46.4 Å². The maximum atomic E-state index is 12.4. The fourth-order valence-electron chi connectivity index (χ4n) is 3.13. The highest BCUT2D eigenvalue weighted by atomic mass is 16.5. The van der Waals surface area contributed by atoms with Crippen LogP contribution >= 0.6 is 0 Å². The summed E-state index contributed by atoms with van der Waals surface area (Å²) in [5.41, 5.74) is 0.00390. The van der Waals surface area contributed by atoms with Crippen LogP contribution in [0.1, 0.15) is 42.9 Å². The first kappa shape index (κ1) is 20.4. The number of benzene rings is 1. The smallest absolute Gasteiger partial charge is 0.338 e. The third kappa shape index (κ3) is 4.08. The van der Waals surface area contributed by atoms with Gasteiger partial charge in [0.2, 0.25) is 0 Å². The van der Waals surface area contributed by atoms with Gasteiger partial charge in [-0.15, -0.1) is 0 Å². The third-order valence-corrected chi connectivity index (χ3v) is 4.67. The maximum Gasteiger partial charge on any atom is 0.338 e. The molecular formula is C20H24N4O5. The molecule has 0 radical (unpaired) electrons. The second-order valence-corrected chi connectivity index (χ2v) is 6.51. The highest BCUT2D eigenvalue weighted by Gasteiger charge is 2.19. The van der Waals surface area contributed by atoms with Crippen LogP contribution in [0.5, 0.6) is 5.75 Å². The molecule has 0 fully saturated rings. The normalized spacial score (nSPS) is 11.0. The maximum absolute atomic E-state index is 12.4. The van der Waals surface area contributed by atoms with Crippen molar-refractivity contribution in [1.82, 2.24) is 19.1 Å². The van der Waals surface area contributed by atoms with Crippen LogP contribution in [0.4, 0.5) is 0 Å². The van der Waals surface area contributed by atoms with Crippen LogP contribution in [0.25, 0.3) is 11.2 Å². The Hall–Kier alpha value is -3.36. The fraction of sp³-hybridized carbons (Fsp3) is 0.400. The first-order valence-electron chi connectivity index (χ1n) is 9.53. The standard InChI is InChI=1S/C20H24N4O5/c1-4-6-11-24-17-16(18(25)22-20(24)27)23(5-2)15(21-17)12-29-19(26)13-7-9-14(28-3)10-8-13/h7-10H,4-6,11-12H2,1-3H3,(H,22,25,27). The molecule has 9 nitrogen and oxygen atoms in total. The minimum atomic E-state index is -0.514. The number of rotatable bonds is 8. The largest absolute Gasteiger partial charge is 0.497 e. The topological polar surface area (TPSA) is 108 Å². The lowest BCUT2D eigenvalue weighted by atomic mass is 10.2. The Morgan fingerprint density at radius 2 is 1.86 bits per heavy atom. The molecule has 2 heterocycles. The van der Waals surface area contributed by atoms with E-state index in [0.29, 0.717) is 41.4 Å². The number of aromatic nitrogens is 4. The first-order valence-corrected chi connectivity index (χ1v) is 9.53. The Morgan fingerprint density at radius 3 is 2.48 bits per heavy atom. The summed E-state index contributed by atoms with van der Waals surface area (Å²) in [6, 6.07) is 6.56. The zero-order valence-electron chi connectivity index (χ0n) is 16.7. The van der Waals surface area contributed by atoms with Gasteiger partial charge in [0.25, 0.3) is 5.56 Å². The molecular weight excluding hydrogens is 376 g/mol. The lowest BCUT2D eigenvalue weighted by molar-refractivity contribution is 0.0458. The number of carbonyl (C=O) groups is 1. The summed E-state index contributed by atoms with van der Waals surface area (Å²) in [6.45, 7) is 4.66. The number of imidazole rings is 1. The van der Waals surface area contributed by atoms with Crippen LogP contribution in [0.15, 0.2) is 33.9 Å². The van der Waals surface area contributed by atoms with Crippen molar-refractivity contribution >= 4 is 17.1 Å². The lowest BCUT2D eigenvalue weighted by Gasteiger charge is -2.07. The fourth-order valence-corrected chi connectivity index (χ4v) is 3.13. The van der Waals surface area contributed by atoms with E-state index in [2.05, 4.69) is 9.97 Å². The number of hydrogen-bond donors (Lipinski definition) is 1. The third-order valence-electron chi connectivity index (χ3n) is 4.67. The molecule has 2 aromatic heterocycles. The zero-order valence-corrected chi connectivity index (χ0v) is 16.7. The van der Waals surface area contributed by atoms with Gasteiger partial charge in [-0.05, 0) is 37.6 Å². The van der Waals surface area contributed by atoms with E-state index < -0.39 is 17.2 Å². The minimum absolute atomic E-state index is 0.116. The van der Waals surface area contributed by atoms with Gasteiger partial charge in [-0.2, -0.15) is 0 Å². The van der Waals surface area contributed by atoms with Crippen LogP contribution in [-0.4, -0.2) is 32.2 Å². The van der Waals surface area contributed by atoms with E-state index >= 15 is 0 Å². The molecule has 3 aromatic rings. The lowest BCUT2D eigenvalue weighted by Crippen LogP contribution is -2.31. The molecule has 0 unspecified atom stereocenters. The summed E-state index contributed by atoms with van der Waals surface area (Å²) in [5, 5.41) is 0. The van der Waals surface area contributed by atoms with Gasteiger partial charge in [0.15, 0.2) is 11.2 Å². The van der Waals surface area contributed by atoms with Crippen LogP contribution in [0.3, 0.4) is 0 Å². The molecule has 0 saturated carbocycles. The number of nitrogens with one attached hydrogen (secondary N) is 1. The molecule has 0 saturated heterocycles. The van der Waals surface area contributed by atoms with Crippen LogP contribution in [-0.2, 0) is 24.4 Å². The second kappa shape index (κ2) is 8.76. The van der Waals surface area contributed by atoms with Crippen molar-refractivity contribution in [2.75, 3.05) is 7.11 Å². The van der Waals surface area contributed by atoms with Crippen LogP contribution < -0.4 is 16.0 Å². The van der Waals surface area contributed by atoms with Gasteiger partial charge in [-0.3, -0.25) is 14.3 Å². The molecule has 1 N–H and O–H groups in total. The molecule has 1 aromatic carbocycles. The van der Waals surface area contributed by atoms with E-state index in [1.165, 1.54) is 4.57 Å². The van der Waals surface area contributed by atoms with Gasteiger partial charge in [0.05, 0.1) is 12.7 Å². The summed E-state index contributed by atoms with van der Waals surface area (Å²) in [4.78, 5) is 43.8. The number of unbranched alkanes of at least 4 members (excludes halogenated alkanes) is 1. The van der Waals surface area contributed by atoms with Gasteiger partial charge in [-0.25, -0.2) is 14.6 Å². The summed E-state index contributed by atoms with van der Waals surface area (Å²) in [6.07, 6.45) is 1.68. The van der Waals surface area contributed by atoms with Crippen molar-refractivity contribution in [3.63, 3.8) is 0 Å². The zero-order chi connectivity index (χ0) is 21.0.